The average Bonchev–Trinajstić information content (AvgIpc) is 2.79. The van der Waals surface area contributed by atoms with Gasteiger partial charge in [-0.25, -0.2) is 0 Å². The fourth-order valence-corrected chi connectivity index (χ4v) is 2.31. The molecule has 3 heteroatoms. The van der Waals surface area contributed by atoms with Crippen LogP contribution < -0.4 is 5.73 Å². The van der Waals surface area contributed by atoms with Gasteiger partial charge in [0.15, 0.2) is 0 Å². The van der Waals surface area contributed by atoms with Crippen LogP contribution in [0.2, 0.25) is 0 Å². The first-order chi connectivity index (χ1) is 6.81. The highest BCUT2D eigenvalue weighted by molar-refractivity contribution is 5.15. The first-order valence-corrected chi connectivity index (χ1v) is 5.52. The Bertz CT molecular complexity index is 297. The van der Waals surface area contributed by atoms with Crippen molar-refractivity contribution in [2.75, 3.05) is 0 Å². The molecule has 0 radical (unpaired) electrons. The van der Waals surface area contributed by atoms with Crippen LogP contribution in [0, 0.1) is 12.8 Å². The molecular weight excluding hydrogens is 174 g/mol. The lowest BCUT2D eigenvalue weighted by Crippen LogP contribution is -2.10. The standard InChI is InChI=1S/C11H19N3/c1-9-11(6-12)7-13-14(9)8-10-4-2-3-5-10/h7,10H,2-6,8,12H2,1H3. The number of nitrogens with two attached hydrogens (primary N) is 1. The van der Waals surface area contributed by atoms with Gasteiger partial charge in [0.2, 0.25) is 0 Å². The largest absolute Gasteiger partial charge is 0.326 e. The summed E-state index contributed by atoms with van der Waals surface area (Å²) in [5, 5.41) is 4.39. The van der Waals surface area contributed by atoms with Crippen LogP contribution in [0.25, 0.3) is 0 Å². The van der Waals surface area contributed by atoms with Gasteiger partial charge in [-0.1, -0.05) is 12.8 Å². The molecule has 1 fully saturated rings. The molecule has 1 heterocycles. The maximum atomic E-state index is 5.62. The quantitative estimate of drug-likeness (QED) is 0.796. The van der Waals surface area contributed by atoms with E-state index in [2.05, 4.69) is 16.7 Å². The molecule has 1 aliphatic carbocycles. The van der Waals surface area contributed by atoms with E-state index < -0.39 is 0 Å². The minimum absolute atomic E-state index is 0.608. The van der Waals surface area contributed by atoms with E-state index in [4.69, 9.17) is 5.73 Å². The van der Waals surface area contributed by atoms with E-state index in [1.54, 1.807) is 0 Å². The second kappa shape index (κ2) is 4.13. The summed E-state index contributed by atoms with van der Waals surface area (Å²) in [4.78, 5) is 0. The molecule has 1 aliphatic rings. The molecule has 0 aromatic carbocycles. The van der Waals surface area contributed by atoms with Crippen molar-refractivity contribution in [3.8, 4) is 0 Å². The first-order valence-electron chi connectivity index (χ1n) is 5.52. The summed E-state index contributed by atoms with van der Waals surface area (Å²) >= 11 is 0. The average molecular weight is 193 g/mol. The number of rotatable bonds is 3. The molecule has 1 aromatic heterocycles. The van der Waals surface area contributed by atoms with Crippen molar-refractivity contribution < 1.29 is 0 Å². The number of hydrogen-bond acceptors (Lipinski definition) is 2. The molecule has 1 aromatic rings. The molecule has 2 N–H and O–H groups in total. The predicted molar refractivity (Wildman–Crippen MR) is 56.8 cm³/mol. The van der Waals surface area contributed by atoms with E-state index in [0.717, 1.165) is 12.5 Å². The maximum Gasteiger partial charge on any atom is 0.0537 e. The lowest BCUT2D eigenvalue weighted by atomic mass is 10.1. The summed E-state index contributed by atoms with van der Waals surface area (Å²) in [5.41, 5.74) is 8.05. The van der Waals surface area contributed by atoms with E-state index in [1.807, 2.05) is 6.20 Å². The van der Waals surface area contributed by atoms with Gasteiger partial charge in [0, 0.05) is 24.3 Å². The van der Waals surface area contributed by atoms with Gasteiger partial charge in [0.25, 0.3) is 0 Å². The van der Waals surface area contributed by atoms with Crippen LogP contribution in [0.15, 0.2) is 6.20 Å². The monoisotopic (exact) mass is 193 g/mol. The summed E-state index contributed by atoms with van der Waals surface area (Å²) in [7, 11) is 0. The Kier molecular flexibility index (Phi) is 2.87. The topological polar surface area (TPSA) is 43.8 Å². The Labute approximate surface area is 85.3 Å². The van der Waals surface area contributed by atoms with Crippen molar-refractivity contribution in [3.05, 3.63) is 17.5 Å². The molecule has 0 amide bonds. The van der Waals surface area contributed by atoms with Crippen molar-refractivity contribution in [3.63, 3.8) is 0 Å². The fourth-order valence-electron chi connectivity index (χ4n) is 2.31. The smallest absolute Gasteiger partial charge is 0.0537 e. The second-order valence-electron chi connectivity index (χ2n) is 4.29. The fraction of sp³-hybridized carbons (Fsp3) is 0.727. The molecular formula is C11H19N3. The number of aromatic nitrogens is 2. The molecule has 2 rings (SSSR count). The zero-order valence-electron chi connectivity index (χ0n) is 8.87. The van der Waals surface area contributed by atoms with Crippen LogP contribution in [0.1, 0.15) is 36.9 Å². The van der Waals surface area contributed by atoms with E-state index >= 15 is 0 Å². The predicted octanol–water partition coefficient (Wildman–Crippen LogP) is 1.84. The summed E-state index contributed by atoms with van der Waals surface area (Å²) in [5.74, 6) is 0.847. The normalized spacial score (nSPS) is 17.9. The zero-order chi connectivity index (χ0) is 9.97. The summed E-state index contributed by atoms with van der Waals surface area (Å²) < 4.78 is 2.12. The molecule has 14 heavy (non-hydrogen) atoms. The van der Waals surface area contributed by atoms with Crippen molar-refractivity contribution in [2.24, 2.45) is 11.7 Å². The van der Waals surface area contributed by atoms with E-state index in [-0.39, 0.29) is 0 Å². The van der Waals surface area contributed by atoms with Gasteiger partial charge in [-0.2, -0.15) is 5.10 Å². The third kappa shape index (κ3) is 1.82. The van der Waals surface area contributed by atoms with Gasteiger partial charge in [-0.3, -0.25) is 4.68 Å². The Balaban J connectivity index is 2.04. The SMILES string of the molecule is Cc1c(CN)cnn1CC1CCCC1. The lowest BCUT2D eigenvalue weighted by Gasteiger charge is -2.10. The summed E-state index contributed by atoms with van der Waals surface area (Å²) in [6.07, 6.45) is 7.45. The van der Waals surface area contributed by atoms with Gasteiger partial charge in [0.1, 0.15) is 0 Å². The van der Waals surface area contributed by atoms with Crippen molar-refractivity contribution in [2.45, 2.75) is 45.7 Å². The van der Waals surface area contributed by atoms with Crippen molar-refractivity contribution in [1.29, 1.82) is 0 Å². The van der Waals surface area contributed by atoms with Crippen LogP contribution in [0.3, 0.4) is 0 Å². The van der Waals surface area contributed by atoms with Crippen molar-refractivity contribution >= 4 is 0 Å². The highest BCUT2D eigenvalue weighted by atomic mass is 15.3. The number of hydrogen-bond donors (Lipinski definition) is 1. The van der Waals surface area contributed by atoms with Gasteiger partial charge in [-0.15, -0.1) is 0 Å². The van der Waals surface area contributed by atoms with Crippen LogP contribution >= 0.6 is 0 Å². The summed E-state index contributed by atoms with van der Waals surface area (Å²) in [6.45, 7) is 3.81. The van der Waals surface area contributed by atoms with Crippen LogP contribution in [-0.4, -0.2) is 9.78 Å². The minimum atomic E-state index is 0.608. The van der Waals surface area contributed by atoms with Gasteiger partial charge < -0.3 is 5.73 Å². The van der Waals surface area contributed by atoms with Crippen molar-refractivity contribution in [1.82, 2.24) is 9.78 Å². The molecule has 0 spiro atoms. The Morgan fingerprint density at radius 1 is 1.50 bits per heavy atom. The molecule has 0 saturated heterocycles. The van der Waals surface area contributed by atoms with E-state index in [0.29, 0.717) is 6.54 Å². The van der Waals surface area contributed by atoms with Gasteiger partial charge in [-0.05, 0) is 25.7 Å². The molecule has 1 saturated carbocycles. The second-order valence-corrected chi connectivity index (χ2v) is 4.29. The highest BCUT2D eigenvalue weighted by Crippen LogP contribution is 2.26. The zero-order valence-corrected chi connectivity index (χ0v) is 8.87. The third-order valence-electron chi connectivity index (χ3n) is 3.33. The third-order valence-corrected chi connectivity index (χ3v) is 3.33. The van der Waals surface area contributed by atoms with Crippen LogP contribution in [0.5, 0.6) is 0 Å². The first kappa shape index (κ1) is 9.71. The van der Waals surface area contributed by atoms with E-state index in [1.165, 1.54) is 36.9 Å². The van der Waals surface area contributed by atoms with Crippen LogP contribution in [0.4, 0.5) is 0 Å². The van der Waals surface area contributed by atoms with E-state index in [9.17, 15) is 0 Å². The van der Waals surface area contributed by atoms with Gasteiger partial charge in [0.05, 0.1) is 6.20 Å². The number of nitrogens with zero attached hydrogens (tertiary/aromatic N) is 2. The molecule has 0 unspecified atom stereocenters. The lowest BCUT2D eigenvalue weighted by molar-refractivity contribution is 0.422. The van der Waals surface area contributed by atoms with Gasteiger partial charge >= 0.3 is 0 Å². The Morgan fingerprint density at radius 3 is 2.79 bits per heavy atom. The molecule has 0 bridgehead atoms. The Morgan fingerprint density at radius 2 is 2.21 bits per heavy atom. The molecule has 3 nitrogen and oxygen atoms in total. The molecule has 0 atom stereocenters. The maximum absolute atomic E-state index is 5.62. The Hall–Kier alpha value is -0.830. The molecule has 78 valence electrons. The highest BCUT2D eigenvalue weighted by Gasteiger charge is 2.17. The summed E-state index contributed by atoms with van der Waals surface area (Å²) in [6, 6.07) is 0. The van der Waals surface area contributed by atoms with Crippen LogP contribution in [-0.2, 0) is 13.1 Å². The minimum Gasteiger partial charge on any atom is -0.326 e. The molecule has 0 aliphatic heterocycles.